The van der Waals surface area contributed by atoms with Crippen molar-refractivity contribution in [3.05, 3.63) is 87.9 Å². The second-order valence-corrected chi connectivity index (χ2v) is 8.58. The standard InChI is InChI=1S/C26H26Cl2N2O3/c1-2-32-24-11-10-19(16-20(24)18-33-25-9-4-3-8-23(25)28)26(31)30-14-12-29(13-15-30)22-7-5-6-21(27)17-22/h3-11,16-17H,2,12-15,18H2,1H3. The van der Waals surface area contributed by atoms with Crippen LogP contribution in [0.4, 0.5) is 5.69 Å². The number of rotatable bonds is 7. The molecule has 1 aliphatic heterocycles. The van der Waals surface area contributed by atoms with Crippen LogP contribution in [0.1, 0.15) is 22.8 Å². The molecule has 172 valence electrons. The third kappa shape index (κ3) is 5.73. The second-order valence-electron chi connectivity index (χ2n) is 7.73. The number of amides is 1. The molecule has 0 saturated carbocycles. The largest absolute Gasteiger partial charge is 0.493 e. The van der Waals surface area contributed by atoms with Crippen LogP contribution in [0.2, 0.25) is 10.0 Å². The fourth-order valence-electron chi connectivity index (χ4n) is 3.86. The summed E-state index contributed by atoms with van der Waals surface area (Å²) >= 11 is 12.3. The van der Waals surface area contributed by atoms with Crippen molar-refractivity contribution in [1.29, 1.82) is 0 Å². The number of anilines is 1. The lowest BCUT2D eigenvalue weighted by atomic mass is 10.1. The van der Waals surface area contributed by atoms with E-state index < -0.39 is 0 Å². The van der Waals surface area contributed by atoms with E-state index in [2.05, 4.69) is 4.90 Å². The van der Waals surface area contributed by atoms with Gasteiger partial charge >= 0.3 is 0 Å². The Balaban J connectivity index is 1.45. The number of hydrogen-bond donors (Lipinski definition) is 0. The third-order valence-corrected chi connectivity index (χ3v) is 6.11. The fourth-order valence-corrected chi connectivity index (χ4v) is 4.24. The Morgan fingerprint density at radius 1 is 0.879 bits per heavy atom. The van der Waals surface area contributed by atoms with E-state index in [0.29, 0.717) is 46.8 Å². The van der Waals surface area contributed by atoms with Gasteiger partial charge in [0.05, 0.1) is 11.6 Å². The second kappa shape index (κ2) is 10.8. The van der Waals surface area contributed by atoms with E-state index in [0.717, 1.165) is 24.3 Å². The van der Waals surface area contributed by atoms with Gasteiger partial charge in [0.1, 0.15) is 18.1 Å². The molecule has 0 atom stereocenters. The van der Waals surface area contributed by atoms with E-state index in [1.165, 1.54) is 0 Å². The first-order valence-corrected chi connectivity index (χ1v) is 11.7. The highest BCUT2D eigenvalue weighted by Gasteiger charge is 2.23. The van der Waals surface area contributed by atoms with Gasteiger partial charge in [-0.25, -0.2) is 0 Å². The molecule has 0 unspecified atom stereocenters. The van der Waals surface area contributed by atoms with Crippen LogP contribution in [0.15, 0.2) is 66.7 Å². The van der Waals surface area contributed by atoms with Gasteiger partial charge in [-0.15, -0.1) is 0 Å². The summed E-state index contributed by atoms with van der Waals surface area (Å²) in [6.45, 7) is 5.50. The molecule has 1 fully saturated rings. The molecule has 0 radical (unpaired) electrons. The van der Waals surface area contributed by atoms with Crippen LogP contribution in [-0.4, -0.2) is 43.6 Å². The van der Waals surface area contributed by atoms with E-state index in [9.17, 15) is 4.79 Å². The number of nitrogens with zero attached hydrogens (tertiary/aromatic N) is 2. The van der Waals surface area contributed by atoms with E-state index in [1.807, 2.05) is 72.5 Å². The molecule has 1 saturated heterocycles. The van der Waals surface area contributed by atoms with Crippen LogP contribution in [0.25, 0.3) is 0 Å². The Hall–Kier alpha value is -2.89. The molecular formula is C26H26Cl2N2O3. The van der Waals surface area contributed by atoms with Crippen molar-refractivity contribution >= 4 is 34.8 Å². The highest BCUT2D eigenvalue weighted by molar-refractivity contribution is 6.32. The molecule has 1 aliphatic rings. The van der Waals surface area contributed by atoms with E-state index in [4.69, 9.17) is 32.7 Å². The number of benzene rings is 3. The van der Waals surface area contributed by atoms with Gasteiger partial charge in [-0.05, 0) is 55.5 Å². The smallest absolute Gasteiger partial charge is 0.253 e. The predicted molar refractivity (Wildman–Crippen MR) is 133 cm³/mol. The van der Waals surface area contributed by atoms with Gasteiger partial charge < -0.3 is 19.3 Å². The number of halogens is 2. The highest BCUT2D eigenvalue weighted by Crippen LogP contribution is 2.28. The highest BCUT2D eigenvalue weighted by atomic mass is 35.5. The average molecular weight is 485 g/mol. The molecule has 3 aromatic rings. The number of carbonyl (C=O) groups excluding carboxylic acids is 1. The number of para-hydroxylation sites is 1. The first kappa shape index (κ1) is 23.3. The molecular weight excluding hydrogens is 459 g/mol. The monoisotopic (exact) mass is 484 g/mol. The summed E-state index contributed by atoms with van der Waals surface area (Å²) < 4.78 is 11.7. The summed E-state index contributed by atoms with van der Waals surface area (Å²) in [6, 6.07) is 20.6. The molecule has 0 spiro atoms. The van der Waals surface area contributed by atoms with Gasteiger partial charge in [0.2, 0.25) is 0 Å². The molecule has 7 heteroatoms. The summed E-state index contributed by atoms with van der Waals surface area (Å²) in [6.07, 6.45) is 0. The van der Waals surface area contributed by atoms with Crippen molar-refractivity contribution in [2.45, 2.75) is 13.5 Å². The molecule has 3 aromatic carbocycles. The normalized spacial score (nSPS) is 13.7. The molecule has 1 amide bonds. The predicted octanol–water partition coefficient (Wildman–Crippen LogP) is 5.93. The van der Waals surface area contributed by atoms with Crippen molar-refractivity contribution in [2.75, 3.05) is 37.7 Å². The third-order valence-electron chi connectivity index (χ3n) is 5.57. The fraction of sp³-hybridized carbons (Fsp3) is 0.269. The quantitative estimate of drug-likeness (QED) is 0.416. The summed E-state index contributed by atoms with van der Waals surface area (Å²) in [7, 11) is 0. The average Bonchev–Trinajstić information content (AvgIpc) is 2.84. The number of hydrogen-bond acceptors (Lipinski definition) is 4. The van der Waals surface area contributed by atoms with Gasteiger partial charge in [-0.2, -0.15) is 0 Å². The first-order chi connectivity index (χ1) is 16.0. The Bertz CT molecular complexity index is 1110. The van der Waals surface area contributed by atoms with E-state index >= 15 is 0 Å². The number of carbonyl (C=O) groups is 1. The molecule has 0 aromatic heterocycles. The molecule has 0 aliphatic carbocycles. The molecule has 5 nitrogen and oxygen atoms in total. The topological polar surface area (TPSA) is 42.0 Å². The maximum Gasteiger partial charge on any atom is 0.253 e. The summed E-state index contributed by atoms with van der Waals surface area (Å²) in [5.41, 5.74) is 2.50. The van der Waals surface area contributed by atoms with Crippen molar-refractivity contribution in [1.82, 2.24) is 4.90 Å². The van der Waals surface area contributed by atoms with Gasteiger partial charge in [-0.3, -0.25) is 4.79 Å². The molecule has 4 rings (SSSR count). The van der Waals surface area contributed by atoms with Crippen molar-refractivity contribution < 1.29 is 14.3 Å². The summed E-state index contributed by atoms with van der Waals surface area (Å²) in [5, 5.41) is 1.26. The minimum atomic E-state index is 0.00258. The zero-order chi connectivity index (χ0) is 23.2. The maximum absolute atomic E-state index is 13.2. The summed E-state index contributed by atoms with van der Waals surface area (Å²) in [5.74, 6) is 1.30. The Labute approximate surface area is 204 Å². The molecule has 33 heavy (non-hydrogen) atoms. The van der Waals surface area contributed by atoms with Crippen LogP contribution in [0.5, 0.6) is 11.5 Å². The number of piperazine rings is 1. The number of ether oxygens (including phenoxy) is 2. The lowest BCUT2D eigenvalue weighted by Gasteiger charge is -2.36. The van der Waals surface area contributed by atoms with Gasteiger partial charge in [0.15, 0.2) is 0 Å². The van der Waals surface area contributed by atoms with Gasteiger partial charge in [0.25, 0.3) is 5.91 Å². The van der Waals surface area contributed by atoms with Crippen LogP contribution >= 0.6 is 23.2 Å². The lowest BCUT2D eigenvalue weighted by Crippen LogP contribution is -2.48. The maximum atomic E-state index is 13.2. The van der Waals surface area contributed by atoms with Gasteiger partial charge in [0, 0.05) is 48.0 Å². The van der Waals surface area contributed by atoms with Crippen LogP contribution in [-0.2, 0) is 6.61 Å². The Morgan fingerprint density at radius 3 is 2.39 bits per heavy atom. The zero-order valence-electron chi connectivity index (χ0n) is 18.5. The van der Waals surface area contributed by atoms with Crippen LogP contribution in [0.3, 0.4) is 0 Å². The van der Waals surface area contributed by atoms with Crippen molar-refractivity contribution in [3.63, 3.8) is 0 Å². The van der Waals surface area contributed by atoms with E-state index in [1.54, 1.807) is 6.07 Å². The van der Waals surface area contributed by atoms with Crippen LogP contribution in [0, 0.1) is 0 Å². The summed E-state index contributed by atoms with van der Waals surface area (Å²) in [4.78, 5) is 17.4. The van der Waals surface area contributed by atoms with E-state index in [-0.39, 0.29) is 12.5 Å². The molecule has 1 heterocycles. The lowest BCUT2D eigenvalue weighted by molar-refractivity contribution is 0.0746. The molecule has 0 bridgehead atoms. The zero-order valence-corrected chi connectivity index (χ0v) is 20.0. The minimum absolute atomic E-state index is 0.00258. The molecule has 0 N–H and O–H groups in total. The van der Waals surface area contributed by atoms with Crippen molar-refractivity contribution in [3.8, 4) is 11.5 Å². The van der Waals surface area contributed by atoms with Gasteiger partial charge in [-0.1, -0.05) is 41.4 Å². The van der Waals surface area contributed by atoms with Crippen LogP contribution < -0.4 is 14.4 Å². The van der Waals surface area contributed by atoms with Crippen molar-refractivity contribution in [2.24, 2.45) is 0 Å². The Kier molecular flexibility index (Phi) is 7.63. The Morgan fingerprint density at radius 2 is 1.67 bits per heavy atom. The first-order valence-electron chi connectivity index (χ1n) is 11.0. The SMILES string of the molecule is CCOc1ccc(C(=O)N2CCN(c3cccc(Cl)c3)CC2)cc1COc1ccccc1Cl. The minimum Gasteiger partial charge on any atom is -0.493 e.